The maximum absolute atomic E-state index is 12.7. The van der Waals surface area contributed by atoms with Gasteiger partial charge in [0.25, 0.3) is 0 Å². The van der Waals surface area contributed by atoms with Gasteiger partial charge in [0.2, 0.25) is 0 Å². The lowest BCUT2D eigenvalue weighted by atomic mass is 10.1. The Morgan fingerprint density at radius 3 is 1.10 bits per heavy atom. The summed E-state index contributed by atoms with van der Waals surface area (Å²) < 4.78 is 16.7. The molecule has 58 heavy (non-hydrogen) atoms. The Morgan fingerprint density at radius 1 is 0.345 bits per heavy atom. The predicted octanol–water partition coefficient (Wildman–Crippen LogP) is 15.7. The van der Waals surface area contributed by atoms with Crippen molar-refractivity contribution in [1.82, 2.24) is 0 Å². The largest absolute Gasteiger partial charge is 0.462 e. The molecule has 0 aliphatic rings. The zero-order valence-electron chi connectivity index (χ0n) is 38.0. The van der Waals surface area contributed by atoms with E-state index in [-0.39, 0.29) is 31.1 Å². The van der Waals surface area contributed by atoms with Crippen molar-refractivity contribution in [3.63, 3.8) is 0 Å². The highest BCUT2D eigenvalue weighted by Gasteiger charge is 2.19. The third-order valence-electron chi connectivity index (χ3n) is 10.3. The van der Waals surface area contributed by atoms with Gasteiger partial charge in [-0.3, -0.25) is 14.4 Å². The second kappa shape index (κ2) is 46.8. The van der Waals surface area contributed by atoms with Crippen LogP contribution in [0.2, 0.25) is 0 Å². The Morgan fingerprint density at radius 2 is 0.655 bits per heavy atom. The van der Waals surface area contributed by atoms with Crippen molar-refractivity contribution < 1.29 is 28.6 Å². The van der Waals surface area contributed by atoms with E-state index in [9.17, 15) is 14.4 Å². The molecule has 6 heteroatoms. The van der Waals surface area contributed by atoms with Crippen molar-refractivity contribution in [2.24, 2.45) is 0 Å². The number of ether oxygens (including phenoxy) is 3. The molecule has 0 amide bonds. The zero-order valence-corrected chi connectivity index (χ0v) is 38.0. The first-order chi connectivity index (χ1) is 28.5. The molecule has 0 heterocycles. The van der Waals surface area contributed by atoms with E-state index >= 15 is 0 Å². The quantitative estimate of drug-likeness (QED) is 0.0201. The van der Waals surface area contributed by atoms with Crippen LogP contribution < -0.4 is 0 Å². The standard InChI is InChI=1S/C52H90O6/c1-4-7-10-13-16-19-21-23-24-25-26-27-29-30-33-36-39-42-45-51(54)57-48-49(47-56-50(53)44-41-38-35-32-18-15-12-9-6-3)58-52(55)46-43-40-37-34-31-28-22-20-17-14-11-8-5-2/h21,23-28,31-32,35,49H,4-20,22,29-30,33-34,36-48H2,1-3H3/b23-21-,25-24-,27-26-,31-28-,35-32-. The lowest BCUT2D eigenvalue weighted by Crippen LogP contribution is -2.30. The molecule has 0 rings (SSSR count). The number of carbonyl (C=O) groups is 3. The molecule has 0 aromatic rings. The third-order valence-corrected chi connectivity index (χ3v) is 10.3. The molecule has 1 atom stereocenters. The summed E-state index contributed by atoms with van der Waals surface area (Å²) in [6.45, 7) is 6.51. The molecule has 6 nitrogen and oxygen atoms in total. The van der Waals surface area contributed by atoms with Crippen LogP contribution in [0, 0.1) is 0 Å². The maximum atomic E-state index is 12.7. The van der Waals surface area contributed by atoms with Crippen molar-refractivity contribution in [3.05, 3.63) is 60.8 Å². The average Bonchev–Trinajstić information content (AvgIpc) is 3.22. The van der Waals surface area contributed by atoms with Crippen LogP contribution in [-0.2, 0) is 28.6 Å². The summed E-state index contributed by atoms with van der Waals surface area (Å²) >= 11 is 0. The van der Waals surface area contributed by atoms with E-state index < -0.39 is 6.10 Å². The van der Waals surface area contributed by atoms with Gasteiger partial charge in [-0.15, -0.1) is 0 Å². The van der Waals surface area contributed by atoms with Gasteiger partial charge in [-0.05, 0) is 89.9 Å². The molecule has 0 aliphatic heterocycles. The van der Waals surface area contributed by atoms with Gasteiger partial charge in [-0.25, -0.2) is 0 Å². The smallest absolute Gasteiger partial charge is 0.306 e. The predicted molar refractivity (Wildman–Crippen MR) is 247 cm³/mol. The SMILES string of the molecule is CCCCCC/C=C\CCCC(=O)OCC(COC(=O)CCCCCCC\C=C/C=C\C=C/CCCCCCC)OC(=O)CCCCC/C=C\CCCCCCCC. The maximum Gasteiger partial charge on any atom is 0.306 e. The van der Waals surface area contributed by atoms with Crippen molar-refractivity contribution in [3.8, 4) is 0 Å². The number of rotatable bonds is 43. The minimum absolute atomic E-state index is 0.0996. The van der Waals surface area contributed by atoms with E-state index in [2.05, 4.69) is 81.5 Å². The van der Waals surface area contributed by atoms with Crippen LogP contribution in [0.15, 0.2) is 60.8 Å². The normalized spacial score (nSPS) is 12.5. The minimum atomic E-state index is -0.799. The number of carbonyl (C=O) groups excluding carboxylic acids is 3. The lowest BCUT2D eigenvalue weighted by Gasteiger charge is -2.18. The Bertz CT molecular complexity index is 1070. The van der Waals surface area contributed by atoms with Gasteiger partial charge >= 0.3 is 17.9 Å². The number of hydrogen-bond donors (Lipinski definition) is 0. The number of hydrogen-bond acceptors (Lipinski definition) is 6. The van der Waals surface area contributed by atoms with E-state index in [0.717, 1.165) is 83.5 Å². The Labute approximate surface area is 358 Å². The lowest BCUT2D eigenvalue weighted by molar-refractivity contribution is -0.167. The summed E-state index contributed by atoms with van der Waals surface area (Å²) in [5.41, 5.74) is 0. The summed E-state index contributed by atoms with van der Waals surface area (Å²) in [7, 11) is 0. The van der Waals surface area contributed by atoms with Crippen LogP contribution in [-0.4, -0.2) is 37.2 Å². The molecule has 1 unspecified atom stereocenters. The van der Waals surface area contributed by atoms with Crippen LogP contribution in [0.1, 0.15) is 233 Å². The summed E-state index contributed by atoms with van der Waals surface area (Å²) in [6.07, 6.45) is 56.4. The summed E-state index contributed by atoms with van der Waals surface area (Å²) in [5.74, 6) is -0.971. The van der Waals surface area contributed by atoms with E-state index in [1.54, 1.807) is 0 Å². The summed E-state index contributed by atoms with van der Waals surface area (Å²) in [5, 5.41) is 0. The average molecular weight is 811 g/mol. The van der Waals surface area contributed by atoms with Gasteiger partial charge < -0.3 is 14.2 Å². The zero-order chi connectivity index (χ0) is 42.3. The third kappa shape index (κ3) is 44.2. The van der Waals surface area contributed by atoms with Gasteiger partial charge in [-0.2, -0.15) is 0 Å². The van der Waals surface area contributed by atoms with Crippen LogP contribution in [0.4, 0.5) is 0 Å². The molecule has 334 valence electrons. The molecule has 0 saturated carbocycles. The highest BCUT2D eigenvalue weighted by molar-refractivity contribution is 5.71. The highest BCUT2D eigenvalue weighted by Crippen LogP contribution is 2.12. The fraction of sp³-hybridized carbons (Fsp3) is 0.750. The molecular weight excluding hydrogens is 721 g/mol. The van der Waals surface area contributed by atoms with E-state index in [0.29, 0.717) is 25.7 Å². The fourth-order valence-corrected chi connectivity index (χ4v) is 6.56. The molecule has 0 fully saturated rings. The molecule has 0 aliphatic carbocycles. The molecule has 0 N–H and O–H groups in total. The van der Waals surface area contributed by atoms with Crippen LogP contribution >= 0.6 is 0 Å². The summed E-state index contributed by atoms with van der Waals surface area (Å²) in [4.78, 5) is 37.7. The summed E-state index contributed by atoms with van der Waals surface area (Å²) in [6, 6.07) is 0. The van der Waals surface area contributed by atoms with Crippen LogP contribution in [0.3, 0.4) is 0 Å². The van der Waals surface area contributed by atoms with Crippen molar-refractivity contribution in [2.45, 2.75) is 239 Å². The minimum Gasteiger partial charge on any atom is -0.462 e. The number of esters is 3. The van der Waals surface area contributed by atoms with Gasteiger partial charge in [0.05, 0.1) is 0 Å². The second-order valence-electron chi connectivity index (χ2n) is 16.1. The van der Waals surface area contributed by atoms with Gasteiger partial charge in [0.15, 0.2) is 6.10 Å². The Hall–Kier alpha value is -2.89. The Kier molecular flexibility index (Phi) is 44.5. The molecule has 0 bridgehead atoms. The molecule has 0 spiro atoms. The molecule has 0 aromatic heterocycles. The first-order valence-electron chi connectivity index (χ1n) is 24.3. The fourth-order valence-electron chi connectivity index (χ4n) is 6.56. The molecule has 0 saturated heterocycles. The monoisotopic (exact) mass is 811 g/mol. The first kappa shape index (κ1) is 55.1. The Balaban J connectivity index is 4.41. The topological polar surface area (TPSA) is 78.9 Å². The van der Waals surface area contributed by atoms with Crippen molar-refractivity contribution >= 4 is 17.9 Å². The van der Waals surface area contributed by atoms with Gasteiger partial charge in [0, 0.05) is 19.3 Å². The number of allylic oxidation sites excluding steroid dienone is 10. The van der Waals surface area contributed by atoms with Crippen LogP contribution in [0.25, 0.3) is 0 Å². The molecule has 0 aromatic carbocycles. The van der Waals surface area contributed by atoms with Gasteiger partial charge in [0.1, 0.15) is 13.2 Å². The van der Waals surface area contributed by atoms with E-state index in [1.807, 2.05) is 0 Å². The van der Waals surface area contributed by atoms with Gasteiger partial charge in [-0.1, -0.05) is 184 Å². The first-order valence-corrected chi connectivity index (χ1v) is 24.3. The second-order valence-corrected chi connectivity index (χ2v) is 16.1. The molecule has 0 radical (unpaired) electrons. The van der Waals surface area contributed by atoms with Crippen molar-refractivity contribution in [2.75, 3.05) is 13.2 Å². The molecular formula is C52H90O6. The highest BCUT2D eigenvalue weighted by atomic mass is 16.6. The van der Waals surface area contributed by atoms with E-state index in [1.165, 1.54) is 103 Å². The van der Waals surface area contributed by atoms with E-state index in [4.69, 9.17) is 14.2 Å². The van der Waals surface area contributed by atoms with Crippen LogP contribution in [0.5, 0.6) is 0 Å². The van der Waals surface area contributed by atoms with Crippen molar-refractivity contribution in [1.29, 1.82) is 0 Å². The number of unbranched alkanes of at least 4 members (excludes halogenated alkanes) is 24.